The Bertz CT molecular complexity index is 733. The smallest absolute Gasteiger partial charge is 0.414 e. The summed E-state index contributed by atoms with van der Waals surface area (Å²) in [6.07, 6.45) is -0.173. The van der Waals surface area contributed by atoms with Gasteiger partial charge in [-0.1, -0.05) is 0 Å². The third-order valence-corrected chi connectivity index (χ3v) is 5.88. The number of cyclic esters (lactones) is 1. The number of benzene rings is 1. The lowest BCUT2D eigenvalue weighted by molar-refractivity contribution is 0.143. The van der Waals surface area contributed by atoms with Crippen LogP contribution in [0.15, 0.2) is 18.2 Å². The highest BCUT2D eigenvalue weighted by atomic mass is 32.2. The zero-order valence-corrected chi connectivity index (χ0v) is 15.8. The van der Waals surface area contributed by atoms with E-state index in [0.717, 1.165) is 6.42 Å². The first-order chi connectivity index (χ1) is 12.4. The summed E-state index contributed by atoms with van der Waals surface area (Å²) in [6, 6.07) is 4.69. The fraction of sp³-hybridized carbons (Fsp3) is 0.500. The Morgan fingerprint density at radius 1 is 1.42 bits per heavy atom. The second kappa shape index (κ2) is 8.17. The zero-order valence-electron chi connectivity index (χ0n) is 14.2. The Morgan fingerprint density at radius 2 is 2.23 bits per heavy atom. The third-order valence-electron chi connectivity index (χ3n) is 4.35. The van der Waals surface area contributed by atoms with Crippen LogP contribution in [0.25, 0.3) is 0 Å². The summed E-state index contributed by atoms with van der Waals surface area (Å²) in [4.78, 5) is 15.3. The quantitative estimate of drug-likeness (QED) is 0.728. The highest BCUT2D eigenvalue weighted by Gasteiger charge is 2.32. The van der Waals surface area contributed by atoms with E-state index < -0.39 is 28.8 Å². The van der Waals surface area contributed by atoms with Gasteiger partial charge in [-0.2, -0.15) is 0 Å². The molecule has 2 heterocycles. The van der Waals surface area contributed by atoms with Crippen LogP contribution in [0.5, 0.6) is 0 Å². The number of carbonyl (C=O) groups excluding carboxylic acids is 1. The van der Waals surface area contributed by atoms with Crippen molar-refractivity contribution >= 4 is 45.6 Å². The molecule has 0 aromatic heterocycles. The van der Waals surface area contributed by atoms with Crippen LogP contribution in [-0.4, -0.2) is 59.2 Å². The molecular weight excluding hydrogens is 379 g/mol. The molecule has 2 fully saturated rings. The zero-order chi connectivity index (χ0) is 18.7. The fourth-order valence-electron chi connectivity index (χ4n) is 3.06. The number of nitrogens with zero attached hydrogens (tertiary/aromatic N) is 2. The highest BCUT2D eigenvalue weighted by Crippen LogP contribution is 2.28. The summed E-state index contributed by atoms with van der Waals surface area (Å²) in [5.74, 6) is 0.780. The van der Waals surface area contributed by atoms with E-state index in [1.165, 1.54) is 11.0 Å². The maximum atomic E-state index is 14.7. The van der Waals surface area contributed by atoms with Crippen molar-refractivity contribution in [3.63, 3.8) is 0 Å². The molecule has 1 aromatic rings. The minimum Gasteiger partial charge on any atom is -0.442 e. The first kappa shape index (κ1) is 18.8. The second-order valence-corrected chi connectivity index (χ2v) is 8.32. The summed E-state index contributed by atoms with van der Waals surface area (Å²) in [7, 11) is -0.837. The standard InChI is InChI=1S/C16H21FN4O3S2/c17-13-8-11(21-10-12(24-16(21)22)9-19-15(18)25)2-3-14(13)20-4-1-6-26(23)7-5-20/h2-3,8,12H,1,4-7,9-10H2,(H3,18,19,25). The Labute approximate surface area is 159 Å². The first-order valence-electron chi connectivity index (χ1n) is 8.35. The number of anilines is 2. The number of halogens is 1. The SMILES string of the molecule is NC(=S)NCC1CN(c2ccc(N3CCCS(=O)CC3)c(F)c2)C(=O)O1. The fourth-order valence-corrected chi connectivity index (χ4v) is 4.22. The van der Waals surface area contributed by atoms with Gasteiger partial charge in [0.2, 0.25) is 0 Å². The molecule has 3 N–H and O–H groups in total. The van der Waals surface area contributed by atoms with Crippen molar-refractivity contribution < 1.29 is 18.1 Å². The summed E-state index contributed by atoms with van der Waals surface area (Å²) in [6.45, 7) is 1.82. The van der Waals surface area contributed by atoms with E-state index in [0.29, 0.717) is 42.5 Å². The van der Waals surface area contributed by atoms with Gasteiger partial charge < -0.3 is 20.7 Å². The van der Waals surface area contributed by atoms with Gasteiger partial charge in [-0.3, -0.25) is 9.11 Å². The number of carbonyl (C=O) groups is 1. The van der Waals surface area contributed by atoms with Gasteiger partial charge >= 0.3 is 6.09 Å². The Morgan fingerprint density at radius 3 is 2.96 bits per heavy atom. The van der Waals surface area contributed by atoms with Crippen molar-refractivity contribution in [1.82, 2.24) is 5.32 Å². The van der Waals surface area contributed by atoms with Crippen molar-refractivity contribution in [3.8, 4) is 0 Å². The molecule has 2 saturated heterocycles. The average Bonchev–Trinajstić information content (AvgIpc) is 2.83. The van der Waals surface area contributed by atoms with Crippen molar-refractivity contribution in [1.29, 1.82) is 0 Å². The molecule has 2 aliphatic rings. The van der Waals surface area contributed by atoms with Crippen molar-refractivity contribution in [2.24, 2.45) is 5.73 Å². The van der Waals surface area contributed by atoms with Crippen molar-refractivity contribution in [2.45, 2.75) is 12.5 Å². The molecule has 0 bridgehead atoms. The monoisotopic (exact) mass is 400 g/mol. The molecule has 0 aliphatic carbocycles. The average molecular weight is 401 g/mol. The molecule has 2 aliphatic heterocycles. The summed E-state index contributed by atoms with van der Waals surface area (Å²) in [5, 5.41) is 2.89. The molecule has 2 unspecified atom stereocenters. The number of rotatable bonds is 4. The predicted octanol–water partition coefficient (Wildman–Crippen LogP) is 0.943. The van der Waals surface area contributed by atoms with Crippen LogP contribution in [0.4, 0.5) is 20.6 Å². The van der Waals surface area contributed by atoms with Gasteiger partial charge in [0.05, 0.1) is 24.5 Å². The lowest BCUT2D eigenvalue weighted by Gasteiger charge is -2.24. The van der Waals surface area contributed by atoms with Gasteiger partial charge in [0.15, 0.2) is 5.11 Å². The van der Waals surface area contributed by atoms with Gasteiger partial charge in [0, 0.05) is 35.4 Å². The molecule has 0 radical (unpaired) electrons. The maximum absolute atomic E-state index is 14.7. The Balaban J connectivity index is 1.70. The number of thiocarbonyl (C=S) groups is 1. The van der Waals surface area contributed by atoms with Crippen LogP contribution in [-0.2, 0) is 15.5 Å². The lowest BCUT2D eigenvalue weighted by Crippen LogP contribution is -2.37. The van der Waals surface area contributed by atoms with Crippen LogP contribution in [0.2, 0.25) is 0 Å². The van der Waals surface area contributed by atoms with Crippen LogP contribution < -0.4 is 20.9 Å². The summed E-state index contributed by atoms with van der Waals surface area (Å²) >= 11 is 4.73. The lowest BCUT2D eigenvalue weighted by atomic mass is 10.2. The number of nitrogens with two attached hydrogens (primary N) is 1. The number of ether oxygens (including phenoxy) is 1. The van der Waals surface area contributed by atoms with E-state index in [9.17, 15) is 13.4 Å². The number of amides is 1. The third kappa shape index (κ3) is 4.42. The Kier molecular flexibility index (Phi) is 5.92. The van der Waals surface area contributed by atoms with Crippen molar-refractivity contribution in [3.05, 3.63) is 24.0 Å². The molecule has 1 aromatic carbocycles. The molecule has 26 heavy (non-hydrogen) atoms. The second-order valence-electron chi connectivity index (χ2n) is 6.19. The Hall–Kier alpha value is -1.94. The van der Waals surface area contributed by atoms with Gasteiger partial charge in [0.1, 0.15) is 11.9 Å². The van der Waals surface area contributed by atoms with Crippen LogP contribution in [0, 0.1) is 5.82 Å². The molecule has 142 valence electrons. The summed E-state index contributed by atoms with van der Waals surface area (Å²) in [5.41, 5.74) is 6.27. The topological polar surface area (TPSA) is 87.9 Å². The largest absolute Gasteiger partial charge is 0.442 e. The summed E-state index contributed by atoms with van der Waals surface area (Å²) < 4.78 is 31.5. The van der Waals surface area contributed by atoms with Gasteiger partial charge in [0.25, 0.3) is 0 Å². The van der Waals surface area contributed by atoms with Crippen LogP contribution in [0.3, 0.4) is 0 Å². The normalized spacial score (nSPS) is 23.5. The van der Waals surface area contributed by atoms with Crippen LogP contribution >= 0.6 is 12.2 Å². The molecule has 7 nitrogen and oxygen atoms in total. The number of hydrogen-bond donors (Lipinski definition) is 2. The molecule has 0 saturated carbocycles. The predicted molar refractivity (Wildman–Crippen MR) is 104 cm³/mol. The molecule has 2 atom stereocenters. The van der Waals surface area contributed by atoms with Crippen LogP contribution in [0.1, 0.15) is 6.42 Å². The first-order valence-corrected chi connectivity index (χ1v) is 10.2. The molecule has 1 amide bonds. The minimum atomic E-state index is -0.837. The van der Waals surface area contributed by atoms with E-state index in [-0.39, 0.29) is 11.7 Å². The maximum Gasteiger partial charge on any atom is 0.414 e. The van der Waals surface area contributed by atoms with E-state index in [1.807, 2.05) is 4.90 Å². The van der Waals surface area contributed by atoms with E-state index >= 15 is 0 Å². The molecule has 10 heteroatoms. The van der Waals surface area contributed by atoms with Crippen molar-refractivity contribution in [2.75, 3.05) is 47.5 Å². The van der Waals surface area contributed by atoms with E-state index in [1.54, 1.807) is 12.1 Å². The molecule has 3 rings (SSSR count). The van der Waals surface area contributed by atoms with Gasteiger partial charge in [-0.15, -0.1) is 0 Å². The van der Waals surface area contributed by atoms with E-state index in [2.05, 4.69) is 5.32 Å². The van der Waals surface area contributed by atoms with Gasteiger partial charge in [-0.05, 0) is 36.8 Å². The van der Waals surface area contributed by atoms with Gasteiger partial charge in [-0.25, -0.2) is 9.18 Å². The molecule has 0 spiro atoms. The molecular formula is C16H21FN4O3S2. The highest BCUT2D eigenvalue weighted by molar-refractivity contribution is 7.85. The minimum absolute atomic E-state index is 0.133. The number of nitrogens with one attached hydrogen (secondary N) is 1. The van der Waals surface area contributed by atoms with E-state index in [4.69, 9.17) is 22.7 Å². The number of hydrogen-bond acceptors (Lipinski definition) is 5.